The molecule has 0 N–H and O–H groups in total. The number of ether oxygens (including phenoxy) is 1. The van der Waals surface area contributed by atoms with Crippen LogP contribution in [-0.2, 0) is 11.3 Å². The fourth-order valence-corrected chi connectivity index (χ4v) is 2.13. The number of carbonyl (C=O) groups is 1. The van der Waals surface area contributed by atoms with E-state index in [0.717, 1.165) is 12.0 Å². The number of carbonyl (C=O) groups excluding carboxylic acids is 1. The molecule has 0 fully saturated rings. The molecule has 0 aliphatic rings. The molecule has 2 rings (SSSR count). The summed E-state index contributed by atoms with van der Waals surface area (Å²) in [4.78, 5) is 14.7. The zero-order valence-corrected chi connectivity index (χ0v) is 13.3. The van der Waals surface area contributed by atoms with Crippen molar-refractivity contribution < 1.29 is 9.53 Å². The van der Waals surface area contributed by atoms with Crippen LogP contribution in [0.2, 0.25) is 0 Å². The minimum absolute atomic E-state index is 0.234. The summed E-state index contributed by atoms with van der Waals surface area (Å²) in [5.74, 6) is 0.129. The van der Waals surface area contributed by atoms with E-state index in [1.165, 1.54) is 5.56 Å². The topological polar surface area (TPSA) is 75.1 Å². The van der Waals surface area contributed by atoms with Crippen LogP contribution < -0.4 is 0 Å². The van der Waals surface area contributed by atoms with Gasteiger partial charge in [-0.25, -0.2) is 4.79 Å². The van der Waals surface area contributed by atoms with E-state index in [0.29, 0.717) is 17.2 Å². The normalized spacial score (nSPS) is 11.4. The van der Waals surface area contributed by atoms with Crippen molar-refractivity contribution in [1.82, 2.24) is 0 Å². The Morgan fingerprint density at radius 2 is 1.83 bits per heavy atom. The second kappa shape index (κ2) is 8.01. The SMILES string of the molecule is CCC(C)c1ccc(COC(=O)c2ccc(N=[N+]=[N-])cc2)cc1. The van der Waals surface area contributed by atoms with Gasteiger partial charge in [0.2, 0.25) is 0 Å². The Labute approximate surface area is 135 Å². The first-order valence-corrected chi connectivity index (χ1v) is 7.55. The number of rotatable bonds is 6. The largest absolute Gasteiger partial charge is 0.457 e. The van der Waals surface area contributed by atoms with Gasteiger partial charge < -0.3 is 4.74 Å². The van der Waals surface area contributed by atoms with Gasteiger partial charge in [0.05, 0.1) is 5.56 Å². The van der Waals surface area contributed by atoms with E-state index >= 15 is 0 Å². The smallest absolute Gasteiger partial charge is 0.338 e. The van der Waals surface area contributed by atoms with Gasteiger partial charge in [0.1, 0.15) is 6.61 Å². The lowest BCUT2D eigenvalue weighted by molar-refractivity contribution is 0.0472. The lowest BCUT2D eigenvalue weighted by atomic mass is 9.98. The Hall–Kier alpha value is -2.78. The molecule has 0 bridgehead atoms. The summed E-state index contributed by atoms with van der Waals surface area (Å²) in [5, 5.41) is 3.46. The highest BCUT2D eigenvalue weighted by molar-refractivity contribution is 5.89. The van der Waals surface area contributed by atoms with Crippen molar-refractivity contribution in [3.05, 3.63) is 75.7 Å². The first-order valence-electron chi connectivity index (χ1n) is 7.55. The van der Waals surface area contributed by atoms with E-state index < -0.39 is 5.97 Å². The lowest BCUT2D eigenvalue weighted by Crippen LogP contribution is -2.05. The molecule has 0 radical (unpaired) electrons. The first-order chi connectivity index (χ1) is 11.1. The average molecular weight is 309 g/mol. The number of azide groups is 1. The minimum atomic E-state index is -0.400. The predicted molar refractivity (Wildman–Crippen MR) is 89.5 cm³/mol. The number of hydrogen-bond acceptors (Lipinski definition) is 3. The summed E-state index contributed by atoms with van der Waals surface area (Å²) in [6.45, 7) is 4.58. The quantitative estimate of drug-likeness (QED) is 0.306. The molecule has 0 aliphatic heterocycles. The molecule has 1 unspecified atom stereocenters. The molecule has 0 spiro atoms. The molecule has 0 amide bonds. The highest BCUT2D eigenvalue weighted by Gasteiger charge is 2.08. The summed E-state index contributed by atoms with van der Waals surface area (Å²) >= 11 is 0. The van der Waals surface area contributed by atoms with Gasteiger partial charge >= 0.3 is 5.97 Å². The number of esters is 1. The molecule has 1 atom stereocenters. The number of benzene rings is 2. The van der Waals surface area contributed by atoms with Gasteiger partial charge in [-0.05, 0) is 41.1 Å². The van der Waals surface area contributed by atoms with Gasteiger partial charge in [-0.3, -0.25) is 0 Å². The van der Waals surface area contributed by atoms with Crippen molar-refractivity contribution in [3.63, 3.8) is 0 Å². The Morgan fingerprint density at radius 1 is 1.17 bits per heavy atom. The Morgan fingerprint density at radius 3 is 2.39 bits per heavy atom. The minimum Gasteiger partial charge on any atom is -0.457 e. The molecular weight excluding hydrogens is 290 g/mol. The molecule has 2 aromatic carbocycles. The van der Waals surface area contributed by atoms with E-state index in [1.54, 1.807) is 24.3 Å². The van der Waals surface area contributed by atoms with E-state index in [1.807, 2.05) is 12.1 Å². The Kier molecular flexibility index (Phi) is 5.78. The van der Waals surface area contributed by atoms with Crippen molar-refractivity contribution in [1.29, 1.82) is 0 Å². The molecule has 5 heteroatoms. The number of nitrogens with zero attached hydrogens (tertiary/aromatic N) is 3. The van der Waals surface area contributed by atoms with Gasteiger partial charge in [-0.2, -0.15) is 0 Å². The second-order valence-electron chi connectivity index (χ2n) is 5.36. The number of hydrogen-bond donors (Lipinski definition) is 0. The monoisotopic (exact) mass is 309 g/mol. The molecule has 0 saturated carbocycles. The summed E-state index contributed by atoms with van der Waals surface area (Å²) in [5.41, 5.74) is 11.5. The Balaban J connectivity index is 1.94. The molecule has 0 aromatic heterocycles. The van der Waals surface area contributed by atoms with Crippen LogP contribution in [0.15, 0.2) is 53.6 Å². The fraction of sp³-hybridized carbons (Fsp3) is 0.278. The second-order valence-corrected chi connectivity index (χ2v) is 5.36. The van der Waals surface area contributed by atoms with Crippen LogP contribution in [0, 0.1) is 0 Å². The van der Waals surface area contributed by atoms with Crippen molar-refractivity contribution in [2.24, 2.45) is 5.11 Å². The van der Waals surface area contributed by atoms with E-state index in [4.69, 9.17) is 10.3 Å². The summed E-state index contributed by atoms with van der Waals surface area (Å²) in [6.07, 6.45) is 1.10. The molecule has 0 heterocycles. The summed E-state index contributed by atoms with van der Waals surface area (Å²) < 4.78 is 5.30. The van der Waals surface area contributed by atoms with Gasteiger partial charge in [0, 0.05) is 10.6 Å². The van der Waals surface area contributed by atoms with E-state index in [9.17, 15) is 4.79 Å². The predicted octanol–water partition coefficient (Wildman–Crippen LogP) is 5.50. The average Bonchev–Trinajstić information content (AvgIpc) is 2.60. The maximum atomic E-state index is 12.0. The van der Waals surface area contributed by atoms with Crippen molar-refractivity contribution in [2.45, 2.75) is 32.8 Å². The van der Waals surface area contributed by atoms with Crippen LogP contribution in [0.3, 0.4) is 0 Å². The first kappa shape index (κ1) is 16.6. The third kappa shape index (κ3) is 4.59. The summed E-state index contributed by atoms with van der Waals surface area (Å²) in [7, 11) is 0. The highest BCUT2D eigenvalue weighted by atomic mass is 16.5. The maximum absolute atomic E-state index is 12.0. The van der Waals surface area contributed by atoms with Crippen molar-refractivity contribution >= 4 is 11.7 Å². The van der Waals surface area contributed by atoms with Crippen molar-refractivity contribution in [2.75, 3.05) is 0 Å². The van der Waals surface area contributed by atoms with Crippen LogP contribution in [-0.4, -0.2) is 5.97 Å². The van der Waals surface area contributed by atoms with Gasteiger partial charge in [-0.1, -0.05) is 55.4 Å². The molecule has 2 aromatic rings. The van der Waals surface area contributed by atoms with Crippen LogP contribution >= 0.6 is 0 Å². The molecule has 5 nitrogen and oxygen atoms in total. The molecular formula is C18H19N3O2. The van der Waals surface area contributed by atoms with E-state index in [2.05, 4.69) is 36.0 Å². The molecule has 23 heavy (non-hydrogen) atoms. The highest BCUT2D eigenvalue weighted by Crippen LogP contribution is 2.19. The van der Waals surface area contributed by atoms with Gasteiger partial charge in [0.15, 0.2) is 0 Å². The van der Waals surface area contributed by atoms with Crippen molar-refractivity contribution in [3.8, 4) is 0 Å². The van der Waals surface area contributed by atoms with Gasteiger partial charge in [0.25, 0.3) is 0 Å². The summed E-state index contributed by atoms with van der Waals surface area (Å²) in [6, 6.07) is 14.4. The van der Waals surface area contributed by atoms with Crippen LogP contribution in [0.1, 0.15) is 47.7 Å². The molecule has 0 aliphatic carbocycles. The van der Waals surface area contributed by atoms with Crippen LogP contribution in [0.4, 0.5) is 5.69 Å². The third-order valence-electron chi connectivity index (χ3n) is 3.79. The standard InChI is InChI=1S/C18H19N3O2/c1-3-13(2)15-6-4-14(5-7-15)12-23-18(22)16-8-10-17(11-9-16)20-21-19/h4-11,13H,3,12H2,1-2H3. The Bertz CT molecular complexity index is 702. The zero-order valence-electron chi connectivity index (χ0n) is 13.3. The van der Waals surface area contributed by atoms with Crippen LogP contribution in [0.5, 0.6) is 0 Å². The van der Waals surface area contributed by atoms with Crippen LogP contribution in [0.25, 0.3) is 10.4 Å². The molecule has 0 saturated heterocycles. The fourth-order valence-electron chi connectivity index (χ4n) is 2.13. The van der Waals surface area contributed by atoms with E-state index in [-0.39, 0.29) is 6.61 Å². The third-order valence-corrected chi connectivity index (χ3v) is 3.79. The lowest BCUT2D eigenvalue weighted by Gasteiger charge is -2.10. The maximum Gasteiger partial charge on any atom is 0.338 e. The van der Waals surface area contributed by atoms with Gasteiger partial charge in [-0.15, -0.1) is 0 Å². The molecule has 118 valence electrons. The zero-order chi connectivity index (χ0) is 16.7.